The molecule has 0 N–H and O–H groups in total. The molecule has 2 amide bonds. The maximum atomic E-state index is 13.1. The Hall–Kier alpha value is -2.28. The minimum Gasteiger partial charge on any atom is -0.491 e. The summed E-state index contributed by atoms with van der Waals surface area (Å²) in [6.07, 6.45) is 1.60. The van der Waals surface area contributed by atoms with Crippen molar-refractivity contribution in [1.29, 1.82) is 0 Å². The van der Waals surface area contributed by atoms with Crippen LogP contribution in [-0.4, -0.2) is 73.4 Å². The maximum Gasteiger partial charge on any atom is 0.410 e. The molecule has 1 atom stereocenters. The molecule has 0 aromatic heterocycles. The molecule has 0 saturated carbocycles. The Labute approximate surface area is 186 Å². The molecule has 1 unspecified atom stereocenters. The summed E-state index contributed by atoms with van der Waals surface area (Å²) < 4.78 is 16.2. The summed E-state index contributed by atoms with van der Waals surface area (Å²) in [6, 6.07) is 7.30. The van der Waals surface area contributed by atoms with E-state index in [1.54, 1.807) is 18.1 Å². The van der Waals surface area contributed by atoms with Crippen molar-refractivity contribution in [3.05, 3.63) is 29.8 Å². The molecule has 0 bridgehead atoms. The molecule has 1 fully saturated rings. The Bertz CT molecular complexity index is 729. The van der Waals surface area contributed by atoms with Gasteiger partial charge in [0, 0.05) is 38.3 Å². The number of benzene rings is 1. The van der Waals surface area contributed by atoms with Crippen molar-refractivity contribution in [2.24, 2.45) is 5.92 Å². The fourth-order valence-electron chi connectivity index (χ4n) is 3.64. The molecule has 1 aromatic rings. The van der Waals surface area contributed by atoms with Crippen LogP contribution < -0.4 is 4.74 Å². The number of piperidine rings is 1. The topological polar surface area (TPSA) is 68.3 Å². The lowest BCUT2D eigenvalue weighted by Gasteiger charge is -2.37. The first kappa shape index (κ1) is 25.0. The first-order chi connectivity index (χ1) is 14.6. The van der Waals surface area contributed by atoms with Crippen molar-refractivity contribution in [2.45, 2.75) is 59.1 Å². The minimum atomic E-state index is -0.533. The van der Waals surface area contributed by atoms with E-state index >= 15 is 0 Å². The zero-order chi connectivity index (χ0) is 23.0. The van der Waals surface area contributed by atoms with Gasteiger partial charge in [0.25, 0.3) is 5.91 Å². The fraction of sp³-hybridized carbons (Fsp3) is 0.667. The van der Waals surface area contributed by atoms with Crippen LogP contribution in [0.25, 0.3) is 0 Å². The van der Waals surface area contributed by atoms with Crippen LogP contribution in [0.2, 0.25) is 0 Å². The molecule has 174 valence electrons. The summed E-state index contributed by atoms with van der Waals surface area (Å²) in [5, 5.41) is 0. The highest BCUT2D eigenvalue weighted by Crippen LogP contribution is 2.23. The number of carbonyl (C=O) groups is 2. The molecule has 1 saturated heterocycles. The van der Waals surface area contributed by atoms with E-state index in [9.17, 15) is 9.59 Å². The monoisotopic (exact) mass is 434 g/mol. The predicted octanol–water partition coefficient (Wildman–Crippen LogP) is 4.21. The number of hydrogen-bond donors (Lipinski definition) is 0. The highest BCUT2D eigenvalue weighted by molar-refractivity contribution is 5.94. The summed E-state index contributed by atoms with van der Waals surface area (Å²) in [5.41, 5.74) is 0.0817. The average Bonchev–Trinajstić information content (AvgIpc) is 2.70. The second-order valence-electron chi connectivity index (χ2n) is 9.35. The summed E-state index contributed by atoms with van der Waals surface area (Å²) in [7, 11) is 1.62. The van der Waals surface area contributed by atoms with E-state index in [-0.39, 0.29) is 24.0 Å². The number of likely N-dealkylation sites (tertiary alicyclic amines) is 1. The third-order valence-corrected chi connectivity index (χ3v) is 5.15. The Morgan fingerprint density at radius 2 is 1.97 bits per heavy atom. The van der Waals surface area contributed by atoms with Crippen LogP contribution in [0.4, 0.5) is 4.79 Å². The second-order valence-corrected chi connectivity index (χ2v) is 9.35. The van der Waals surface area contributed by atoms with Crippen LogP contribution in [-0.2, 0) is 9.47 Å². The van der Waals surface area contributed by atoms with Gasteiger partial charge in [-0.1, -0.05) is 6.07 Å². The maximum absolute atomic E-state index is 13.1. The van der Waals surface area contributed by atoms with Crippen molar-refractivity contribution in [2.75, 3.05) is 40.0 Å². The molecule has 1 heterocycles. The van der Waals surface area contributed by atoms with Crippen LogP contribution in [0.15, 0.2) is 24.3 Å². The number of carbonyl (C=O) groups excluding carboxylic acids is 2. The third-order valence-electron chi connectivity index (χ3n) is 5.15. The highest BCUT2D eigenvalue weighted by Gasteiger charge is 2.30. The minimum absolute atomic E-state index is 0.00439. The van der Waals surface area contributed by atoms with Gasteiger partial charge in [0.2, 0.25) is 0 Å². The van der Waals surface area contributed by atoms with Gasteiger partial charge in [-0.25, -0.2) is 4.79 Å². The van der Waals surface area contributed by atoms with Crippen molar-refractivity contribution < 1.29 is 23.8 Å². The molecule has 0 radical (unpaired) electrons. The molecular formula is C24H38N2O5. The van der Waals surface area contributed by atoms with Gasteiger partial charge in [0.05, 0.1) is 6.61 Å². The summed E-state index contributed by atoms with van der Waals surface area (Å²) in [5.74, 6) is 0.872. The number of ether oxygens (including phenoxy) is 3. The highest BCUT2D eigenvalue weighted by atomic mass is 16.6. The van der Waals surface area contributed by atoms with Crippen LogP contribution in [0.5, 0.6) is 5.75 Å². The Kier molecular flexibility index (Phi) is 9.16. The lowest BCUT2D eigenvalue weighted by atomic mass is 9.96. The summed E-state index contributed by atoms with van der Waals surface area (Å²) in [6.45, 7) is 12.5. The first-order valence-electron chi connectivity index (χ1n) is 11.1. The number of methoxy groups -OCH3 is 1. The molecule has 2 rings (SSSR count). The van der Waals surface area contributed by atoms with Gasteiger partial charge in [-0.3, -0.25) is 4.79 Å². The molecule has 31 heavy (non-hydrogen) atoms. The largest absolute Gasteiger partial charge is 0.491 e. The Morgan fingerprint density at radius 3 is 2.61 bits per heavy atom. The van der Waals surface area contributed by atoms with E-state index in [4.69, 9.17) is 14.2 Å². The van der Waals surface area contributed by atoms with Gasteiger partial charge < -0.3 is 24.0 Å². The fourth-order valence-corrected chi connectivity index (χ4v) is 3.64. The number of rotatable bonds is 8. The normalized spacial score (nSPS) is 16.9. The molecular weight excluding hydrogens is 396 g/mol. The second kappa shape index (κ2) is 11.4. The van der Waals surface area contributed by atoms with Crippen LogP contribution >= 0.6 is 0 Å². The standard InChI is InChI=1S/C24H38N2O5/c1-18(2)26(23(28)31-24(3,4)5)17-19-9-8-12-25(16-19)22(27)20-10-7-11-21(15-20)30-14-13-29-6/h7,10-11,15,18-19H,8-9,12-14,16-17H2,1-6H3. The number of nitrogens with zero attached hydrogens (tertiary/aromatic N) is 2. The molecule has 7 heteroatoms. The SMILES string of the molecule is COCCOc1cccc(C(=O)N2CCCC(CN(C(=O)OC(C)(C)C)C(C)C)C2)c1. The summed E-state index contributed by atoms with van der Waals surface area (Å²) in [4.78, 5) is 29.4. The van der Waals surface area contributed by atoms with E-state index in [0.717, 1.165) is 19.4 Å². The van der Waals surface area contributed by atoms with Crippen molar-refractivity contribution in [3.63, 3.8) is 0 Å². The van der Waals surface area contributed by atoms with Crippen LogP contribution in [0, 0.1) is 5.92 Å². The quantitative estimate of drug-likeness (QED) is 0.574. The Morgan fingerprint density at radius 1 is 1.23 bits per heavy atom. The van der Waals surface area contributed by atoms with Crippen molar-refractivity contribution in [1.82, 2.24) is 9.80 Å². The number of hydrogen-bond acceptors (Lipinski definition) is 5. The molecule has 7 nitrogen and oxygen atoms in total. The zero-order valence-electron chi connectivity index (χ0n) is 19.8. The lowest BCUT2D eigenvalue weighted by molar-refractivity contribution is 0.0124. The van der Waals surface area contributed by atoms with E-state index in [0.29, 0.717) is 37.6 Å². The van der Waals surface area contributed by atoms with Gasteiger partial charge >= 0.3 is 6.09 Å². The van der Waals surface area contributed by atoms with Gasteiger partial charge in [0.15, 0.2) is 0 Å². The zero-order valence-corrected chi connectivity index (χ0v) is 19.8. The summed E-state index contributed by atoms with van der Waals surface area (Å²) >= 11 is 0. The lowest BCUT2D eigenvalue weighted by Crippen LogP contribution is -2.48. The van der Waals surface area contributed by atoms with Gasteiger partial charge in [-0.05, 0) is 71.6 Å². The molecule has 0 spiro atoms. The van der Waals surface area contributed by atoms with E-state index < -0.39 is 5.60 Å². The van der Waals surface area contributed by atoms with Crippen molar-refractivity contribution >= 4 is 12.0 Å². The molecule has 1 aliphatic rings. The molecule has 1 aliphatic heterocycles. The van der Waals surface area contributed by atoms with Crippen molar-refractivity contribution in [3.8, 4) is 5.75 Å². The smallest absolute Gasteiger partial charge is 0.410 e. The molecule has 1 aromatic carbocycles. The van der Waals surface area contributed by atoms with E-state index in [1.807, 2.05) is 57.7 Å². The van der Waals surface area contributed by atoms with E-state index in [2.05, 4.69) is 0 Å². The predicted molar refractivity (Wildman–Crippen MR) is 121 cm³/mol. The van der Waals surface area contributed by atoms with Crippen LogP contribution in [0.1, 0.15) is 57.8 Å². The Balaban J connectivity index is 2.01. The van der Waals surface area contributed by atoms with Gasteiger partial charge in [0.1, 0.15) is 18.0 Å². The van der Waals surface area contributed by atoms with Gasteiger partial charge in [-0.15, -0.1) is 0 Å². The third kappa shape index (κ3) is 8.05. The first-order valence-corrected chi connectivity index (χ1v) is 11.1. The average molecular weight is 435 g/mol. The van der Waals surface area contributed by atoms with Gasteiger partial charge in [-0.2, -0.15) is 0 Å². The molecule has 0 aliphatic carbocycles. The van der Waals surface area contributed by atoms with Crippen LogP contribution in [0.3, 0.4) is 0 Å². The number of amides is 2. The van der Waals surface area contributed by atoms with E-state index in [1.165, 1.54) is 0 Å².